The summed E-state index contributed by atoms with van der Waals surface area (Å²) in [7, 11) is 0. The Bertz CT molecular complexity index is 552. The van der Waals surface area contributed by atoms with Crippen LogP contribution in [-0.2, 0) is 11.2 Å². The number of amides is 1. The minimum atomic E-state index is -0.408. The van der Waals surface area contributed by atoms with E-state index in [0.29, 0.717) is 17.5 Å². The predicted molar refractivity (Wildman–Crippen MR) is 68.5 cm³/mol. The van der Waals surface area contributed by atoms with E-state index >= 15 is 0 Å². The molecule has 2 heterocycles. The molecule has 2 N–H and O–H groups in total. The molecule has 1 amide bonds. The van der Waals surface area contributed by atoms with Gasteiger partial charge in [-0.15, -0.1) is 21.5 Å². The van der Waals surface area contributed by atoms with Crippen LogP contribution in [0.3, 0.4) is 0 Å². The highest BCUT2D eigenvalue weighted by Crippen LogP contribution is 2.22. The van der Waals surface area contributed by atoms with E-state index in [2.05, 4.69) is 15.2 Å². The number of rotatable bonds is 5. The summed E-state index contributed by atoms with van der Waals surface area (Å²) < 4.78 is 5.42. The van der Waals surface area contributed by atoms with Gasteiger partial charge in [-0.2, -0.15) is 0 Å². The summed E-state index contributed by atoms with van der Waals surface area (Å²) in [4.78, 5) is 15.2. The second-order valence-corrected chi connectivity index (χ2v) is 6.01. The van der Waals surface area contributed by atoms with Crippen LogP contribution >= 0.6 is 23.1 Å². The normalized spacial score (nSPS) is 12.6. The Morgan fingerprint density at radius 3 is 3.00 bits per heavy atom. The number of nitrogens with zero attached hydrogens (tertiary/aromatic N) is 3. The molecule has 8 heteroatoms. The van der Waals surface area contributed by atoms with Crippen molar-refractivity contribution in [2.24, 2.45) is 5.73 Å². The third-order valence-electron chi connectivity index (χ3n) is 2.13. The van der Waals surface area contributed by atoms with Crippen LogP contribution < -0.4 is 5.73 Å². The molecule has 2 rings (SSSR count). The molecule has 1 unspecified atom stereocenters. The average molecular weight is 284 g/mol. The molecule has 0 radical (unpaired) electrons. The van der Waals surface area contributed by atoms with Crippen LogP contribution in [0.1, 0.15) is 23.5 Å². The molecule has 0 fully saturated rings. The maximum Gasteiger partial charge on any atom is 0.277 e. The van der Waals surface area contributed by atoms with E-state index in [1.54, 1.807) is 18.3 Å². The van der Waals surface area contributed by atoms with Gasteiger partial charge in [-0.1, -0.05) is 11.8 Å². The van der Waals surface area contributed by atoms with E-state index in [4.69, 9.17) is 10.2 Å². The second kappa shape index (κ2) is 5.49. The maximum absolute atomic E-state index is 10.9. The van der Waals surface area contributed by atoms with Crippen molar-refractivity contribution < 1.29 is 9.21 Å². The Balaban J connectivity index is 2.00. The molecule has 0 spiro atoms. The van der Waals surface area contributed by atoms with Gasteiger partial charge in [-0.3, -0.25) is 4.79 Å². The largest absolute Gasteiger partial charge is 0.416 e. The van der Waals surface area contributed by atoms with Gasteiger partial charge in [0.1, 0.15) is 0 Å². The van der Waals surface area contributed by atoms with Crippen molar-refractivity contribution in [1.82, 2.24) is 15.2 Å². The fourth-order valence-electron chi connectivity index (χ4n) is 1.21. The first-order valence-corrected chi connectivity index (χ1v) is 7.00. The number of hydrogen-bond acceptors (Lipinski definition) is 7. The van der Waals surface area contributed by atoms with E-state index in [1.807, 2.05) is 12.3 Å². The minimum absolute atomic E-state index is 0.350. The number of nitrogens with two attached hydrogens (primary N) is 1. The number of thioether (sulfide) groups is 1. The van der Waals surface area contributed by atoms with E-state index < -0.39 is 5.91 Å². The molecule has 2 aromatic heterocycles. The molecular weight excluding hydrogens is 272 g/mol. The molecule has 6 nitrogen and oxygen atoms in total. The molecule has 1 atom stereocenters. The van der Waals surface area contributed by atoms with E-state index in [1.165, 1.54) is 0 Å². The van der Waals surface area contributed by atoms with Gasteiger partial charge in [0.05, 0.1) is 22.4 Å². The van der Waals surface area contributed by atoms with Crippen molar-refractivity contribution in [1.29, 1.82) is 0 Å². The van der Waals surface area contributed by atoms with Crippen LogP contribution in [-0.4, -0.2) is 26.3 Å². The quantitative estimate of drug-likeness (QED) is 0.834. The zero-order chi connectivity index (χ0) is 13.1. The number of aromatic nitrogens is 3. The molecule has 0 aliphatic heterocycles. The van der Waals surface area contributed by atoms with Crippen molar-refractivity contribution in [2.45, 2.75) is 30.7 Å². The second-order valence-electron chi connectivity index (χ2n) is 3.66. The molecule has 0 saturated heterocycles. The Hall–Kier alpha value is -1.41. The zero-order valence-corrected chi connectivity index (χ0v) is 11.5. The van der Waals surface area contributed by atoms with Crippen molar-refractivity contribution in [3.8, 4) is 0 Å². The lowest BCUT2D eigenvalue weighted by Gasteiger charge is -2.00. The Kier molecular flexibility index (Phi) is 3.97. The van der Waals surface area contributed by atoms with Crippen molar-refractivity contribution in [2.75, 3.05) is 0 Å². The van der Waals surface area contributed by atoms with Crippen molar-refractivity contribution in [3.05, 3.63) is 22.0 Å². The third-order valence-corrected chi connectivity index (χ3v) is 3.90. The first kappa shape index (κ1) is 13.0. The molecule has 0 saturated carbocycles. The number of hydrogen-bond donors (Lipinski definition) is 1. The molecule has 2 aromatic rings. The minimum Gasteiger partial charge on any atom is -0.416 e. The van der Waals surface area contributed by atoms with Gasteiger partial charge in [0.15, 0.2) is 0 Å². The summed E-state index contributed by atoms with van der Waals surface area (Å²) in [6.45, 7) is 3.64. The first-order valence-electron chi connectivity index (χ1n) is 5.24. The lowest BCUT2D eigenvalue weighted by atomic mass is 10.3. The number of carbonyl (C=O) groups is 1. The highest BCUT2D eigenvalue weighted by molar-refractivity contribution is 8.00. The van der Waals surface area contributed by atoms with Crippen LogP contribution in [0.2, 0.25) is 0 Å². The summed E-state index contributed by atoms with van der Waals surface area (Å²) in [5.41, 5.74) is 6.06. The molecule has 96 valence electrons. The number of aryl methyl sites for hydroxylation is 1. The zero-order valence-electron chi connectivity index (χ0n) is 9.91. The Labute approximate surface area is 112 Å². The fraction of sp³-hybridized carbons (Fsp3) is 0.400. The number of thiazole rings is 1. The standard InChI is InChI=1S/C10H12N4O2S2/c1-5(9(11)15)18-10-14-13-8(16-10)3-7-4-17-6(2)12-7/h4-5H,3H2,1-2H3,(H2,11,15). The van der Waals surface area contributed by atoms with Gasteiger partial charge in [-0.25, -0.2) is 4.98 Å². The SMILES string of the molecule is Cc1nc(Cc2nnc(SC(C)C(N)=O)o2)cs1. The fourth-order valence-corrected chi connectivity index (χ4v) is 2.47. The van der Waals surface area contributed by atoms with Gasteiger partial charge in [0, 0.05) is 5.38 Å². The molecule has 0 aliphatic rings. The van der Waals surface area contributed by atoms with Gasteiger partial charge in [-0.05, 0) is 13.8 Å². The van der Waals surface area contributed by atoms with Crippen LogP contribution in [0.4, 0.5) is 0 Å². The lowest BCUT2D eigenvalue weighted by molar-refractivity contribution is -0.117. The number of carbonyl (C=O) groups excluding carboxylic acids is 1. The molecule has 0 bridgehead atoms. The highest BCUT2D eigenvalue weighted by Gasteiger charge is 2.16. The monoisotopic (exact) mass is 284 g/mol. The molecular formula is C10H12N4O2S2. The van der Waals surface area contributed by atoms with Crippen LogP contribution in [0, 0.1) is 6.92 Å². The third kappa shape index (κ3) is 3.30. The van der Waals surface area contributed by atoms with Gasteiger partial charge in [0.25, 0.3) is 5.22 Å². The summed E-state index contributed by atoms with van der Waals surface area (Å²) in [6, 6.07) is 0. The summed E-state index contributed by atoms with van der Waals surface area (Å²) in [5, 5.41) is 10.7. The smallest absolute Gasteiger partial charge is 0.277 e. The van der Waals surface area contributed by atoms with E-state index in [-0.39, 0.29) is 5.25 Å². The summed E-state index contributed by atoms with van der Waals surface area (Å²) >= 11 is 2.73. The molecule has 18 heavy (non-hydrogen) atoms. The van der Waals surface area contributed by atoms with Crippen molar-refractivity contribution >= 4 is 29.0 Å². The van der Waals surface area contributed by atoms with Gasteiger partial charge < -0.3 is 10.2 Å². The maximum atomic E-state index is 10.9. The highest BCUT2D eigenvalue weighted by atomic mass is 32.2. The lowest BCUT2D eigenvalue weighted by Crippen LogP contribution is -2.22. The predicted octanol–water partition coefficient (Wildman–Crippen LogP) is 1.39. The topological polar surface area (TPSA) is 94.9 Å². The van der Waals surface area contributed by atoms with E-state index in [9.17, 15) is 4.79 Å². The Morgan fingerprint density at radius 2 is 2.39 bits per heavy atom. The van der Waals surface area contributed by atoms with Gasteiger partial charge >= 0.3 is 0 Å². The number of primary amides is 1. The molecule has 0 aromatic carbocycles. The van der Waals surface area contributed by atoms with E-state index in [0.717, 1.165) is 22.5 Å². The van der Waals surface area contributed by atoms with Crippen LogP contribution in [0.5, 0.6) is 0 Å². The van der Waals surface area contributed by atoms with Crippen LogP contribution in [0.15, 0.2) is 15.0 Å². The first-order chi connectivity index (χ1) is 8.54. The molecule has 0 aliphatic carbocycles. The summed E-state index contributed by atoms with van der Waals surface area (Å²) in [5.74, 6) is 0.0781. The summed E-state index contributed by atoms with van der Waals surface area (Å²) in [6.07, 6.45) is 0.503. The Morgan fingerprint density at radius 1 is 1.61 bits per heavy atom. The van der Waals surface area contributed by atoms with Crippen LogP contribution in [0.25, 0.3) is 0 Å². The van der Waals surface area contributed by atoms with Gasteiger partial charge in [0.2, 0.25) is 11.8 Å². The average Bonchev–Trinajstić information content (AvgIpc) is 2.89. The van der Waals surface area contributed by atoms with Crippen molar-refractivity contribution in [3.63, 3.8) is 0 Å².